The number of fused-ring (bicyclic) bond motifs is 2. The van der Waals surface area contributed by atoms with Gasteiger partial charge in [-0.3, -0.25) is 0 Å². The van der Waals surface area contributed by atoms with E-state index in [1.165, 1.54) is 0 Å². The molecule has 114 valence electrons. The second-order valence-corrected chi connectivity index (χ2v) is 5.66. The third-order valence-electron chi connectivity index (χ3n) is 3.46. The van der Waals surface area contributed by atoms with E-state index in [0.29, 0.717) is 24.5 Å². The van der Waals surface area contributed by atoms with Crippen LogP contribution in [0.25, 0.3) is 0 Å². The van der Waals surface area contributed by atoms with Crippen LogP contribution in [0.4, 0.5) is 0 Å². The molecule has 1 heterocycles. The fourth-order valence-electron chi connectivity index (χ4n) is 2.41. The van der Waals surface area contributed by atoms with Gasteiger partial charge in [0, 0.05) is 33.0 Å². The maximum absolute atomic E-state index is 12.3. The van der Waals surface area contributed by atoms with Gasteiger partial charge in [-0.1, -0.05) is 38.1 Å². The van der Waals surface area contributed by atoms with Crippen molar-refractivity contribution in [2.75, 3.05) is 6.61 Å². The molecule has 3 rings (SSSR count). The molecule has 0 saturated heterocycles. The monoisotopic (exact) mass is 380 g/mol. The third-order valence-corrected chi connectivity index (χ3v) is 3.46. The average Bonchev–Trinajstić information content (AvgIpc) is 2.50. The number of carbonyl (C=O) groups is 1. The van der Waals surface area contributed by atoms with Crippen LogP contribution in [0, 0.1) is 5.92 Å². The molecule has 1 aliphatic heterocycles. The molecular weight excluding hydrogens is 360 g/mol. The summed E-state index contributed by atoms with van der Waals surface area (Å²) in [7, 11) is 0. The molecule has 0 amide bonds. The van der Waals surface area contributed by atoms with Crippen molar-refractivity contribution in [3.8, 4) is 11.5 Å². The van der Waals surface area contributed by atoms with Gasteiger partial charge in [0.05, 0.1) is 12.2 Å². The van der Waals surface area contributed by atoms with Crippen LogP contribution in [0.5, 0.6) is 11.5 Å². The molecule has 0 atom stereocenters. The molecule has 3 nitrogen and oxygen atoms in total. The van der Waals surface area contributed by atoms with E-state index in [2.05, 4.69) is 0 Å². The largest absolute Gasteiger partial charge is 0.462 e. The Bertz CT molecular complexity index is 680. The van der Waals surface area contributed by atoms with E-state index in [4.69, 9.17) is 9.47 Å². The van der Waals surface area contributed by atoms with Crippen molar-refractivity contribution in [1.82, 2.24) is 0 Å². The first-order valence-corrected chi connectivity index (χ1v) is 7.20. The third kappa shape index (κ3) is 3.41. The Morgan fingerprint density at radius 3 is 2.64 bits per heavy atom. The molecule has 0 unspecified atom stereocenters. The van der Waals surface area contributed by atoms with E-state index in [1.807, 2.05) is 50.2 Å². The molecule has 0 spiro atoms. The summed E-state index contributed by atoms with van der Waals surface area (Å²) in [5.74, 6) is 1.65. The summed E-state index contributed by atoms with van der Waals surface area (Å²) in [5.41, 5.74) is 2.60. The van der Waals surface area contributed by atoms with Crippen molar-refractivity contribution >= 4 is 5.97 Å². The van der Waals surface area contributed by atoms with Crippen LogP contribution in [0.3, 0.4) is 0 Å². The predicted molar refractivity (Wildman–Crippen MR) is 80.9 cm³/mol. The van der Waals surface area contributed by atoms with Gasteiger partial charge in [-0.05, 0) is 29.7 Å². The van der Waals surface area contributed by atoms with Crippen molar-refractivity contribution in [3.63, 3.8) is 0 Å². The Morgan fingerprint density at radius 2 is 1.86 bits per heavy atom. The summed E-state index contributed by atoms with van der Waals surface area (Å²) >= 11 is 0. The predicted octanol–water partition coefficient (Wildman–Crippen LogP) is 4.19. The molecule has 0 N–H and O–H groups in total. The van der Waals surface area contributed by atoms with Crippen molar-refractivity contribution < 1.29 is 35.3 Å². The number of ether oxygens (including phenoxy) is 2. The second kappa shape index (κ2) is 7.11. The van der Waals surface area contributed by atoms with Gasteiger partial charge in [0.15, 0.2) is 0 Å². The Morgan fingerprint density at radius 1 is 1.14 bits per heavy atom. The molecule has 1 aliphatic rings. The van der Waals surface area contributed by atoms with Crippen molar-refractivity contribution in [2.45, 2.75) is 20.3 Å². The van der Waals surface area contributed by atoms with Crippen LogP contribution >= 0.6 is 0 Å². The van der Waals surface area contributed by atoms with Gasteiger partial charge in [-0.2, -0.15) is 0 Å². The van der Waals surface area contributed by atoms with Gasteiger partial charge in [0.1, 0.15) is 11.5 Å². The van der Waals surface area contributed by atoms with Crippen LogP contribution in [0.2, 0.25) is 0 Å². The number of carbonyl (C=O) groups excluding carboxylic acids is 1. The van der Waals surface area contributed by atoms with Crippen LogP contribution in [-0.4, -0.2) is 12.6 Å². The molecule has 0 aliphatic carbocycles. The molecule has 0 radical (unpaired) electrons. The molecule has 4 heteroatoms. The first kappa shape index (κ1) is 16.8. The zero-order chi connectivity index (χ0) is 14.8. The van der Waals surface area contributed by atoms with E-state index < -0.39 is 0 Å². The summed E-state index contributed by atoms with van der Waals surface area (Å²) in [5, 5.41) is 0. The van der Waals surface area contributed by atoms with E-state index in [1.54, 1.807) is 6.07 Å². The van der Waals surface area contributed by atoms with Crippen molar-refractivity contribution in [3.05, 3.63) is 59.2 Å². The van der Waals surface area contributed by atoms with Crippen LogP contribution in [0.1, 0.15) is 35.3 Å². The first-order valence-electron chi connectivity index (χ1n) is 7.20. The standard InChI is InChI=1S/C18H18O3.Mo/c1-12(2)11-20-18(19)14-7-5-9-17-15(14)10-13-6-3-4-8-16(13)21-17;/h3-9,12H,10-11H2,1-2H3;. The second-order valence-electron chi connectivity index (χ2n) is 5.66. The SMILES string of the molecule is CC(C)COC(=O)c1cccc2c1Cc1ccccc1O2.[Mo]. The molecule has 0 saturated carbocycles. The number of rotatable bonds is 3. The summed E-state index contributed by atoms with van der Waals surface area (Å²) in [6.07, 6.45) is 0.693. The quantitative estimate of drug-likeness (QED) is 0.506. The number of hydrogen-bond donors (Lipinski definition) is 0. The van der Waals surface area contributed by atoms with E-state index in [0.717, 1.165) is 22.6 Å². The average molecular weight is 378 g/mol. The van der Waals surface area contributed by atoms with Crippen LogP contribution in [0.15, 0.2) is 42.5 Å². The van der Waals surface area contributed by atoms with Gasteiger partial charge in [0.2, 0.25) is 0 Å². The maximum atomic E-state index is 12.3. The minimum absolute atomic E-state index is 0. The minimum atomic E-state index is -0.275. The summed E-state index contributed by atoms with van der Waals surface area (Å²) < 4.78 is 11.2. The summed E-state index contributed by atoms with van der Waals surface area (Å²) in [6, 6.07) is 13.4. The molecule has 0 aromatic heterocycles. The normalized spacial score (nSPS) is 11.8. The van der Waals surface area contributed by atoms with Crippen LogP contribution in [-0.2, 0) is 32.2 Å². The molecule has 0 bridgehead atoms. The number of para-hydroxylation sites is 1. The number of benzene rings is 2. The van der Waals surface area contributed by atoms with E-state index >= 15 is 0 Å². The Balaban J connectivity index is 0.00000176. The Hall–Kier alpha value is -1.60. The van der Waals surface area contributed by atoms with E-state index in [9.17, 15) is 4.79 Å². The topological polar surface area (TPSA) is 35.5 Å². The van der Waals surface area contributed by atoms with Gasteiger partial charge < -0.3 is 9.47 Å². The zero-order valence-corrected chi connectivity index (χ0v) is 14.7. The zero-order valence-electron chi connectivity index (χ0n) is 12.7. The fraction of sp³-hybridized carbons (Fsp3) is 0.278. The number of hydrogen-bond acceptors (Lipinski definition) is 3. The minimum Gasteiger partial charge on any atom is -0.462 e. The summed E-state index contributed by atoms with van der Waals surface area (Å²) in [6.45, 7) is 4.47. The van der Waals surface area contributed by atoms with Gasteiger partial charge in [-0.25, -0.2) is 4.79 Å². The molecule has 22 heavy (non-hydrogen) atoms. The van der Waals surface area contributed by atoms with Crippen molar-refractivity contribution in [1.29, 1.82) is 0 Å². The van der Waals surface area contributed by atoms with Crippen LogP contribution < -0.4 is 4.74 Å². The van der Waals surface area contributed by atoms with E-state index in [-0.39, 0.29) is 27.0 Å². The number of esters is 1. The Labute approximate surface area is 144 Å². The fourth-order valence-corrected chi connectivity index (χ4v) is 2.41. The smallest absolute Gasteiger partial charge is 0.338 e. The first-order chi connectivity index (χ1) is 10.1. The van der Waals surface area contributed by atoms with Gasteiger partial charge >= 0.3 is 5.97 Å². The molecular formula is C18H18MoO3. The molecule has 2 aromatic rings. The molecule has 2 aromatic carbocycles. The van der Waals surface area contributed by atoms with Crippen molar-refractivity contribution in [2.24, 2.45) is 5.92 Å². The maximum Gasteiger partial charge on any atom is 0.338 e. The summed E-state index contributed by atoms with van der Waals surface area (Å²) in [4.78, 5) is 12.3. The van der Waals surface area contributed by atoms with Gasteiger partial charge in [0.25, 0.3) is 0 Å². The van der Waals surface area contributed by atoms with Gasteiger partial charge in [-0.15, -0.1) is 0 Å². The molecule has 0 fully saturated rings. The Kier molecular flexibility index (Phi) is 5.41.